The lowest BCUT2D eigenvalue weighted by molar-refractivity contribution is 0.420. The summed E-state index contributed by atoms with van der Waals surface area (Å²) in [6.07, 6.45) is 8.69. The summed E-state index contributed by atoms with van der Waals surface area (Å²) in [7, 11) is 0. The Kier molecular flexibility index (Phi) is 3.92. The van der Waals surface area contributed by atoms with Crippen molar-refractivity contribution < 1.29 is 0 Å². The zero-order valence-corrected chi connectivity index (χ0v) is 7.68. The molecular formula is C10H21N. The minimum atomic E-state index is 0.746. The van der Waals surface area contributed by atoms with E-state index in [4.69, 9.17) is 5.73 Å². The van der Waals surface area contributed by atoms with Crippen LogP contribution in [0.4, 0.5) is 0 Å². The van der Waals surface area contributed by atoms with Crippen LogP contribution in [0.25, 0.3) is 0 Å². The molecule has 0 aromatic rings. The summed E-state index contributed by atoms with van der Waals surface area (Å²) in [5.74, 6) is 1.79. The highest BCUT2D eigenvalue weighted by Gasteiger charge is 2.15. The highest BCUT2D eigenvalue weighted by atomic mass is 14.5. The fourth-order valence-electron chi connectivity index (χ4n) is 1.94. The van der Waals surface area contributed by atoms with E-state index in [9.17, 15) is 0 Å². The van der Waals surface area contributed by atoms with Gasteiger partial charge < -0.3 is 5.73 Å². The fraction of sp³-hybridized carbons (Fsp3) is 1.00. The largest absolute Gasteiger partial charge is 0.330 e. The molecule has 1 aliphatic rings. The molecule has 11 heavy (non-hydrogen) atoms. The van der Waals surface area contributed by atoms with Crippen molar-refractivity contribution in [3.8, 4) is 0 Å². The maximum atomic E-state index is 5.56. The Morgan fingerprint density at radius 1 is 1.36 bits per heavy atom. The molecule has 0 spiro atoms. The van der Waals surface area contributed by atoms with Gasteiger partial charge in [0.15, 0.2) is 0 Å². The minimum Gasteiger partial charge on any atom is -0.330 e. The Labute approximate surface area is 70.4 Å². The van der Waals surface area contributed by atoms with E-state index in [2.05, 4.69) is 6.92 Å². The van der Waals surface area contributed by atoms with Crippen LogP contribution in [0.5, 0.6) is 0 Å². The number of nitrogens with two attached hydrogens (primary N) is 1. The van der Waals surface area contributed by atoms with Gasteiger partial charge in [-0.1, -0.05) is 39.0 Å². The van der Waals surface area contributed by atoms with Crippen LogP contribution in [-0.2, 0) is 0 Å². The molecule has 1 saturated carbocycles. The second-order valence-electron chi connectivity index (χ2n) is 4.07. The van der Waals surface area contributed by atoms with E-state index in [-0.39, 0.29) is 0 Å². The molecule has 2 N–H and O–H groups in total. The standard InChI is InChI=1S/C10H21N/c1-9(8-11)6-7-10-4-2-3-5-10/h9-10H,2-8,11H2,1H3/t9-/m1/s1. The zero-order chi connectivity index (χ0) is 8.10. The van der Waals surface area contributed by atoms with Crippen molar-refractivity contribution in [2.24, 2.45) is 17.6 Å². The molecule has 1 atom stereocenters. The number of hydrogen-bond acceptors (Lipinski definition) is 1. The lowest BCUT2D eigenvalue weighted by atomic mass is 9.96. The number of rotatable bonds is 4. The average Bonchev–Trinajstić information content (AvgIpc) is 2.52. The van der Waals surface area contributed by atoms with Crippen molar-refractivity contribution in [3.63, 3.8) is 0 Å². The quantitative estimate of drug-likeness (QED) is 0.663. The van der Waals surface area contributed by atoms with E-state index in [1.54, 1.807) is 0 Å². The highest BCUT2D eigenvalue weighted by molar-refractivity contribution is 4.68. The van der Waals surface area contributed by atoms with Gasteiger partial charge in [-0.05, 0) is 24.8 Å². The van der Waals surface area contributed by atoms with E-state index in [0.717, 1.165) is 18.4 Å². The van der Waals surface area contributed by atoms with Crippen LogP contribution >= 0.6 is 0 Å². The van der Waals surface area contributed by atoms with Crippen LogP contribution in [0.2, 0.25) is 0 Å². The number of hydrogen-bond donors (Lipinski definition) is 1. The van der Waals surface area contributed by atoms with E-state index in [1.807, 2.05) is 0 Å². The molecular weight excluding hydrogens is 134 g/mol. The molecule has 1 nitrogen and oxygen atoms in total. The van der Waals surface area contributed by atoms with Crippen molar-refractivity contribution in [2.75, 3.05) is 6.54 Å². The summed E-state index contributed by atoms with van der Waals surface area (Å²) in [6.45, 7) is 3.13. The van der Waals surface area contributed by atoms with Crippen LogP contribution in [-0.4, -0.2) is 6.54 Å². The first-order chi connectivity index (χ1) is 5.33. The van der Waals surface area contributed by atoms with Gasteiger partial charge in [-0.3, -0.25) is 0 Å². The van der Waals surface area contributed by atoms with E-state index < -0.39 is 0 Å². The van der Waals surface area contributed by atoms with E-state index >= 15 is 0 Å². The van der Waals surface area contributed by atoms with Crippen LogP contribution in [0.1, 0.15) is 45.4 Å². The van der Waals surface area contributed by atoms with Gasteiger partial charge in [0.25, 0.3) is 0 Å². The third-order valence-electron chi connectivity index (χ3n) is 2.94. The average molecular weight is 155 g/mol. The molecule has 0 radical (unpaired) electrons. The van der Waals surface area contributed by atoms with Gasteiger partial charge >= 0.3 is 0 Å². The molecule has 0 unspecified atom stereocenters. The summed E-state index contributed by atoms with van der Waals surface area (Å²) in [5.41, 5.74) is 5.56. The maximum Gasteiger partial charge on any atom is -0.00515 e. The predicted octanol–water partition coefficient (Wildman–Crippen LogP) is 2.55. The molecule has 0 bridgehead atoms. The third-order valence-corrected chi connectivity index (χ3v) is 2.94. The van der Waals surface area contributed by atoms with Gasteiger partial charge in [0.05, 0.1) is 0 Å². The molecule has 0 aromatic heterocycles. The lowest BCUT2D eigenvalue weighted by Crippen LogP contribution is -2.11. The van der Waals surface area contributed by atoms with Crippen molar-refractivity contribution in [1.82, 2.24) is 0 Å². The normalized spacial score (nSPS) is 22.4. The Balaban J connectivity index is 2.01. The smallest absolute Gasteiger partial charge is 0.00515 e. The van der Waals surface area contributed by atoms with Gasteiger partial charge in [-0.25, -0.2) is 0 Å². The topological polar surface area (TPSA) is 26.0 Å². The molecule has 0 aromatic carbocycles. The van der Waals surface area contributed by atoms with Crippen molar-refractivity contribution in [3.05, 3.63) is 0 Å². The molecule has 1 aliphatic carbocycles. The Bertz CT molecular complexity index is 95.0. The summed E-state index contributed by atoms with van der Waals surface area (Å²) >= 11 is 0. The molecule has 1 fully saturated rings. The first-order valence-electron chi connectivity index (χ1n) is 5.03. The lowest BCUT2D eigenvalue weighted by Gasteiger charge is -2.11. The Hall–Kier alpha value is -0.0400. The second kappa shape index (κ2) is 4.76. The molecule has 0 amide bonds. The summed E-state index contributed by atoms with van der Waals surface area (Å²) in [4.78, 5) is 0. The Morgan fingerprint density at radius 3 is 2.55 bits per heavy atom. The minimum absolute atomic E-state index is 0.746. The van der Waals surface area contributed by atoms with Crippen LogP contribution in [0, 0.1) is 11.8 Å². The second-order valence-corrected chi connectivity index (χ2v) is 4.07. The molecule has 0 aliphatic heterocycles. The van der Waals surface area contributed by atoms with Gasteiger partial charge in [0.2, 0.25) is 0 Å². The van der Waals surface area contributed by atoms with Crippen molar-refractivity contribution in [1.29, 1.82) is 0 Å². The SMILES string of the molecule is C[C@@H](CN)CCC1CCCC1. The Morgan fingerprint density at radius 2 is 2.00 bits per heavy atom. The van der Waals surface area contributed by atoms with Crippen LogP contribution in [0.3, 0.4) is 0 Å². The van der Waals surface area contributed by atoms with Crippen LogP contribution < -0.4 is 5.73 Å². The molecule has 66 valence electrons. The summed E-state index contributed by atoms with van der Waals surface area (Å²) < 4.78 is 0. The van der Waals surface area contributed by atoms with Crippen LogP contribution in [0.15, 0.2) is 0 Å². The molecule has 1 rings (SSSR count). The first-order valence-corrected chi connectivity index (χ1v) is 5.03. The molecule has 1 heteroatoms. The third kappa shape index (κ3) is 3.24. The monoisotopic (exact) mass is 155 g/mol. The van der Waals surface area contributed by atoms with Gasteiger partial charge in [-0.2, -0.15) is 0 Å². The van der Waals surface area contributed by atoms with Gasteiger partial charge in [0, 0.05) is 0 Å². The fourth-order valence-corrected chi connectivity index (χ4v) is 1.94. The zero-order valence-electron chi connectivity index (χ0n) is 7.68. The molecule has 0 saturated heterocycles. The van der Waals surface area contributed by atoms with Crippen molar-refractivity contribution in [2.45, 2.75) is 45.4 Å². The highest BCUT2D eigenvalue weighted by Crippen LogP contribution is 2.29. The maximum absolute atomic E-state index is 5.56. The predicted molar refractivity (Wildman–Crippen MR) is 49.4 cm³/mol. The summed E-state index contributed by atoms with van der Waals surface area (Å²) in [5, 5.41) is 0. The van der Waals surface area contributed by atoms with E-state index in [1.165, 1.54) is 38.5 Å². The first kappa shape index (κ1) is 9.05. The summed E-state index contributed by atoms with van der Waals surface area (Å²) in [6, 6.07) is 0. The van der Waals surface area contributed by atoms with Crippen molar-refractivity contribution >= 4 is 0 Å². The van der Waals surface area contributed by atoms with E-state index in [0.29, 0.717) is 0 Å². The van der Waals surface area contributed by atoms with Gasteiger partial charge in [-0.15, -0.1) is 0 Å². The van der Waals surface area contributed by atoms with Gasteiger partial charge in [0.1, 0.15) is 0 Å². The molecule has 0 heterocycles.